The van der Waals surface area contributed by atoms with E-state index in [4.69, 9.17) is 16.0 Å². The van der Waals surface area contributed by atoms with E-state index in [0.717, 1.165) is 5.56 Å². The summed E-state index contributed by atoms with van der Waals surface area (Å²) in [7, 11) is 0. The van der Waals surface area contributed by atoms with Crippen LogP contribution in [0.2, 0.25) is 0 Å². The van der Waals surface area contributed by atoms with Gasteiger partial charge in [-0.25, -0.2) is 0 Å². The van der Waals surface area contributed by atoms with E-state index in [1.807, 2.05) is 37.3 Å². The van der Waals surface area contributed by atoms with Gasteiger partial charge in [-0.2, -0.15) is 0 Å². The average Bonchev–Trinajstić information content (AvgIpc) is 2.86. The normalized spacial score (nSPS) is 13.8. The molecule has 1 heterocycles. The molecule has 2 rings (SSSR count). The molecule has 1 amide bonds. The van der Waals surface area contributed by atoms with E-state index >= 15 is 0 Å². The Kier molecular flexibility index (Phi) is 4.32. The Morgan fingerprint density at radius 1 is 1.32 bits per heavy atom. The number of halogens is 2. The molecular formula is C14H13BrClNO2. The number of carbonyl (C=O) groups is 1. The van der Waals surface area contributed by atoms with Crippen LogP contribution in [0.5, 0.6) is 0 Å². The van der Waals surface area contributed by atoms with Crippen molar-refractivity contribution in [2.24, 2.45) is 0 Å². The van der Waals surface area contributed by atoms with Crippen molar-refractivity contribution in [2.75, 3.05) is 5.88 Å². The Morgan fingerprint density at radius 3 is 2.53 bits per heavy atom. The number of carbonyl (C=O) groups excluding carboxylic acids is 1. The minimum Gasteiger partial charge on any atom is -0.444 e. The first-order valence-electron chi connectivity index (χ1n) is 5.74. The molecule has 3 nitrogen and oxygen atoms in total. The first kappa shape index (κ1) is 14.2. The molecule has 0 saturated carbocycles. The van der Waals surface area contributed by atoms with Gasteiger partial charge < -0.3 is 9.73 Å². The SMILES string of the molecule is CC(CCl)(NC(=O)c1ccc(Br)o1)c1ccccc1. The monoisotopic (exact) mass is 341 g/mol. The molecule has 2 aromatic rings. The molecule has 0 aliphatic heterocycles. The van der Waals surface area contributed by atoms with Crippen LogP contribution < -0.4 is 5.32 Å². The number of amides is 1. The Morgan fingerprint density at radius 2 is 2.00 bits per heavy atom. The molecule has 19 heavy (non-hydrogen) atoms. The first-order valence-corrected chi connectivity index (χ1v) is 7.07. The number of nitrogens with one attached hydrogen (secondary N) is 1. The van der Waals surface area contributed by atoms with Crippen LogP contribution in [-0.2, 0) is 5.54 Å². The van der Waals surface area contributed by atoms with Gasteiger partial charge in [0.15, 0.2) is 10.4 Å². The Bertz CT molecular complexity index is 570. The van der Waals surface area contributed by atoms with Crippen LogP contribution in [0.4, 0.5) is 0 Å². The smallest absolute Gasteiger partial charge is 0.287 e. The molecular weight excluding hydrogens is 330 g/mol. The van der Waals surface area contributed by atoms with Crippen LogP contribution in [0.25, 0.3) is 0 Å². The molecule has 0 radical (unpaired) electrons. The molecule has 0 fully saturated rings. The zero-order valence-electron chi connectivity index (χ0n) is 10.3. The lowest BCUT2D eigenvalue weighted by Crippen LogP contribution is -2.44. The highest BCUT2D eigenvalue weighted by Crippen LogP contribution is 2.23. The van der Waals surface area contributed by atoms with Crippen LogP contribution >= 0.6 is 27.5 Å². The minimum absolute atomic E-state index is 0.249. The Hall–Kier alpha value is -1.26. The van der Waals surface area contributed by atoms with E-state index in [-0.39, 0.29) is 17.5 Å². The summed E-state index contributed by atoms with van der Waals surface area (Å²) in [6.07, 6.45) is 0. The molecule has 1 aromatic heterocycles. The van der Waals surface area contributed by atoms with E-state index < -0.39 is 5.54 Å². The third kappa shape index (κ3) is 3.19. The van der Waals surface area contributed by atoms with E-state index in [9.17, 15) is 4.79 Å². The van der Waals surface area contributed by atoms with Gasteiger partial charge in [-0.05, 0) is 40.5 Å². The molecule has 1 atom stereocenters. The third-order valence-electron chi connectivity index (χ3n) is 2.86. The van der Waals surface area contributed by atoms with Crippen molar-refractivity contribution in [2.45, 2.75) is 12.5 Å². The average molecular weight is 343 g/mol. The molecule has 0 aliphatic rings. The highest BCUT2D eigenvalue weighted by atomic mass is 79.9. The second kappa shape index (κ2) is 5.80. The largest absolute Gasteiger partial charge is 0.444 e. The van der Waals surface area contributed by atoms with Crippen molar-refractivity contribution in [3.63, 3.8) is 0 Å². The van der Waals surface area contributed by atoms with Gasteiger partial charge in [0.05, 0.1) is 5.54 Å². The van der Waals surface area contributed by atoms with E-state index in [0.29, 0.717) is 4.67 Å². The summed E-state index contributed by atoms with van der Waals surface area (Å²) in [5, 5.41) is 2.90. The summed E-state index contributed by atoms with van der Waals surface area (Å²) in [5.41, 5.74) is 0.308. The van der Waals surface area contributed by atoms with Crippen LogP contribution in [0.15, 0.2) is 51.6 Å². The van der Waals surface area contributed by atoms with Crippen molar-refractivity contribution in [1.82, 2.24) is 5.32 Å². The molecule has 1 aromatic carbocycles. The number of rotatable bonds is 4. The number of furan rings is 1. The van der Waals surface area contributed by atoms with Crippen LogP contribution in [-0.4, -0.2) is 11.8 Å². The molecule has 5 heteroatoms. The molecule has 0 spiro atoms. The zero-order chi connectivity index (χ0) is 13.9. The summed E-state index contributed by atoms with van der Waals surface area (Å²) in [6, 6.07) is 12.9. The maximum absolute atomic E-state index is 12.1. The van der Waals surface area contributed by atoms with Crippen molar-refractivity contribution >= 4 is 33.4 Å². The standard InChI is InChI=1S/C14H13BrClNO2/c1-14(9-16,10-5-3-2-4-6-10)17-13(18)11-7-8-12(15)19-11/h2-8H,9H2,1H3,(H,17,18). The maximum atomic E-state index is 12.1. The number of hydrogen-bond donors (Lipinski definition) is 1. The summed E-state index contributed by atoms with van der Waals surface area (Å²) in [5.74, 6) is 0.224. The fraction of sp³-hybridized carbons (Fsp3) is 0.214. The second-order valence-corrected chi connectivity index (χ2v) is 5.44. The number of alkyl halides is 1. The van der Waals surface area contributed by atoms with Crippen molar-refractivity contribution in [3.05, 3.63) is 58.5 Å². The van der Waals surface area contributed by atoms with Gasteiger partial charge in [0.25, 0.3) is 5.91 Å². The summed E-state index contributed by atoms with van der Waals surface area (Å²) < 4.78 is 5.75. The van der Waals surface area contributed by atoms with E-state index in [1.165, 1.54) is 0 Å². The predicted octanol–water partition coefficient (Wildman–Crippen LogP) is 3.93. The molecule has 100 valence electrons. The molecule has 0 aliphatic carbocycles. The van der Waals surface area contributed by atoms with Crippen molar-refractivity contribution in [1.29, 1.82) is 0 Å². The summed E-state index contributed by atoms with van der Waals surface area (Å²) in [4.78, 5) is 12.1. The van der Waals surface area contributed by atoms with Gasteiger partial charge in [-0.3, -0.25) is 4.79 Å². The first-order chi connectivity index (χ1) is 9.05. The van der Waals surface area contributed by atoms with Gasteiger partial charge in [0.1, 0.15) is 0 Å². The lowest BCUT2D eigenvalue weighted by Gasteiger charge is -2.28. The van der Waals surface area contributed by atoms with Crippen molar-refractivity contribution < 1.29 is 9.21 Å². The molecule has 1 N–H and O–H groups in total. The van der Waals surface area contributed by atoms with Crippen LogP contribution in [0.1, 0.15) is 23.0 Å². The number of benzene rings is 1. The second-order valence-electron chi connectivity index (χ2n) is 4.39. The summed E-state index contributed by atoms with van der Waals surface area (Å²) in [6.45, 7) is 1.88. The molecule has 0 bridgehead atoms. The van der Waals surface area contributed by atoms with Crippen LogP contribution in [0, 0.1) is 0 Å². The van der Waals surface area contributed by atoms with Gasteiger partial charge in [0, 0.05) is 5.88 Å². The molecule has 1 unspecified atom stereocenters. The topological polar surface area (TPSA) is 42.2 Å². The van der Waals surface area contributed by atoms with E-state index in [1.54, 1.807) is 12.1 Å². The quantitative estimate of drug-likeness (QED) is 0.856. The van der Waals surface area contributed by atoms with Gasteiger partial charge in [-0.1, -0.05) is 30.3 Å². The van der Waals surface area contributed by atoms with Gasteiger partial charge >= 0.3 is 0 Å². The highest BCUT2D eigenvalue weighted by Gasteiger charge is 2.28. The van der Waals surface area contributed by atoms with E-state index in [2.05, 4.69) is 21.2 Å². The van der Waals surface area contributed by atoms with Crippen molar-refractivity contribution in [3.8, 4) is 0 Å². The highest BCUT2D eigenvalue weighted by molar-refractivity contribution is 9.10. The summed E-state index contributed by atoms with van der Waals surface area (Å²) >= 11 is 9.19. The van der Waals surface area contributed by atoms with Gasteiger partial charge in [-0.15, -0.1) is 11.6 Å². The zero-order valence-corrected chi connectivity index (χ0v) is 12.7. The third-order valence-corrected chi connectivity index (χ3v) is 3.83. The number of hydrogen-bond acceptors (Lipinski definition) is 2. The maximum Gasteiger partial charge on any atom is 0.287 e. The van der Waals surface area contributed by atoms with Gasteiger partial charge in [0.2, 0.25) is 0 Å². The van der Waals surface area contributed by atoms with Crippen LogP contribution in [0.3, 0.4) is 0 Å². The minimum atomic E-state index is -0.640. The fourth-order valence-corrected chi connectivity index (χ4v) is 2.26. The predicted molar refractivity (Wildman–Crippen MR) is 78.4 cm³/mol. The lowest BCUT2D eigenvalue weighted by atomic mass is 9.94. The molecule has 0 saturated heterocycles. The Balaban J connectivity index is 2.22. The fourth-order valence-electron chi connectivity index (χ4n) is 1.74. The Labute approximate surface area is 125 Å². The lowest BCUT2D eigenvalue weighted by molar-refractivity contribution is 0.0883.